The van der Waals surface area contributed by atoms with Crippen molar-refractivity contribution in [1.82, 2.24) is 9.97 Å². The van der Waals surface area contributed by atoms with Crippen LogP contribution in [-0.2, 0) is 4.74 Å². The van der Waals surface area contributed by atoms with Gasteiger partial charge in [-0.05, 0) is 35.9 Å². The Morgan fingerprint density at radius 2 is 2.12 bits per heavy atom. The summed E-state index contributed by atoms with van der Waals surface area (Å²) in [5.74, 6) is 0.707. The Hall–Kier alpha value is -0.430. The largest absolute Gasteiger partial charge is 0.378 e. The van der Waals surface area contributed by atoms with E-state index in [1.165, 1.54) is 0 Å². The van der Waals surface area contributed by atoms with Crippen LogP contribution in [0.1, 0.15) is 27.2 Å². The summed E-state index contributed by atoms with van der Waals surface area (Å²) in [6, 6.07) is 0.388. The van der Waals surface area contributed by atoms with Gasteiger partial charge in [-0.3, -0.25) is 0 Å². The monoisotopic (exact) mass is 347 g/mol. The van der Waals surface area contributed by atoms with Crippen molar-refractivity contribution in [1.29, 1.82) is 0 Å². The molecule has 0 aliphatic heterocycles. The molecule has 0 aromatic carbocycles. The van der Waals surface area contributed by atoms with E-state index in [1.54, 1.807) is 0 Å². The smallest absolute Gasteiger partial charge is 0.222 e. The maximum Gasteiger partial charge on any atom is 0.222 e. The first-order valence-electron chi connectivity index (χ1n) is 5.89. The fourth-order valence-corrected chi connectivity index (χ4v) is 2.44. The van der Waals surface area contributed by atoms with E-state index in [-0.39, 0.29) is 5.41 Å². The number of rotatable bonds is 4. The third kappa shape index (κ3) is 2.70. The lowest BCUT2D eigenvalue weighted by Crippen LogP contribution is -2.58. The second-order valence-electron chi connectivity index (χ2n) is 4.92. The average Bonchev–Trinajstić information content (AvgIpc) is 2.30. The molecule has 1 saturated carbocycles. The second-order valence-corrected chi connectivity index (χ2v) is 6.17. The molecule has 2 unspecified atom stereocenters. The highest BCUT2D eigenvalue weighted by atomic mass is 127. The molecule has 1 N–H and O–H groups in total. The van der Waals surface area contributed by atoms with E-state index in [4.69, 9.17) is 4.74 Å². The van der Waals surface area contributed by atoms with Gasteiger partial charge in [0.2, 0.25) is 5.95 Å². The molecule has 1 aliphatic carbocycles. The average molecular weight is 347 g/mol. The lowest BCUT2D eigenvalue weighted by molar-refractivity contribution is -0.0977. The molecule has 2 rings (SSSR count). The summed E-state index contributed by atoms with van der Waals surface area (Å²) in [6.07, 6.45) is 5.01. The first-order chi connectivity index (χ1) is 8.04. The summed E-state index contributed by atoms with van der Waals surface area (Å²) < 4.78 is 6.75. The van der Waals surface area contributed by atoms with E-state index in [0.717, 1.165) is 16.6 Å². The van der Waals surface area contributed by atoms with Crippen molar-refractivity contribution < 1.29 is 4.74 Å². The van der Waals surface area contributed by atoms with Crippen LogP contribution in [0.2, 0.25) is 0 Å². The minimum atomic E-state index is 0.141. The minimum absolute atomic E-state index is 0.141. The normalized spacial score (nSPS) is 26.4. The number of aromatic nitrogens is 2. The van der Waals surface area contributed by atoms with Gasteiger partial charge >= 0.3 is 0 Å². The zero-order valence-corrected chi connectivity index (χ0v) is 12.6. The number of anilines is 1. The summed E-state index contributed by atoms with van der Waals surface area (Å²) in [5, 5.41) is 3.38. The molecule has 0 bridgehead atoms. The summed E-state index contributed by atoms with van der Waals surface area (Å²) in [6.45, 7) is 7.27. The van der Waals surface area contributed by atoms with E-state index in [1.807, 2.05) is 19.3 Å². The predicted octanol–water partition coefficient (Wildman–Crippen LogP) is 2.70. The Morgan fingerprint density at radius 3 is 2.65 bits per heavy atom. The van der Waals surface area contributed by atoms with Crippen molar-refractivity contribution in [2.24, 2.45) is 5.41 Å². The van der Waals surface area contributed by atoms with Crippen molar-refractivity contribution in [2.75, 3.05) is 11.9 Å². The fourth-order valence-electron chi connectivity index (χ4n) is 2.16. The van der Waals surface area contributed by atoms with Crippen molar-refractivity contribution in [3.8, 4) is 0 Å². The Bertz CT molecular complexity index is 380. The quantitative estimate of drug-likeness (QED) is 0.851. The van der Waals surface area contributed by atoms with E-state index < -0.39 is 0 Å². The predicted molar refractivity (Wildman–Crippen MR) is 76.0 cm³/mol. The molecule has 2 atom stereocenters. The summed E-state index contributed by atoms with van der Waals surface area (Å²) in [7, 11) is 0. The van der Waals surface area contributed by atoms with Gasteiger partial charge in [-0.25, -0.2) is 9.97 Å². The molecular weight excluding hydrogens is 329 g/mol. The highest BCUT2D eigenvalue weighted by Gasteiger charge is 2.49. The van der Waals surface area contributed by atoms with Crippen LogP contribution in [0.25, 0.3) is 0 Å². The van der Waals surface area contributed by atoms with Crippen molar-refractivity contribution in [3.63, 3.8) is 0 Å². The third-order valence-corrected chi connectivity index (χ3v) is 4.03. The molecule has 0 spiro atoms. The molecule has 17 heavy (non-hydrogen) atoms. The number of halogens is 1. The van der Waals surface area contributed by atoms with Crippen LogP contribution < -0.4 is 5.32 Å². The van der Waals surface area contributed by atoms with Gasteiger partial charge in [0.15, 0.2) is 0 Å². The lowest BCUT2D eigenvalue weighted by atomic mass is 9.64. The first kappa shape index (κ1) is 13.0. The van der Waals surface area contributed by atoms with Gasteiger partial charge in [-0.2, -0.15) is 0 Å². The number of nitrogens with zero attached hydrogens (tertiary/aromatic N) is 2. The molecule has 1 fully saturated rings. The van der Waals surface area contributed by atoms with Crippen molar-refractivity contribution >= 4 is 28.5 Å². The topological polar surface area (TPSA) is 47.0 Å². The number of ether oxygens (including phenoxy) is 1. The molecule has 4 nitrogen and oxygen atoms in total. The lowest BCUT2D eigenvalue weighted by Gasteiger charge is -2.51. The van der Waals surface area contributed by atoms with Crippen molar-refractivity contribution in [2.45, 2.75) is 39.3 Å². The van der Waals surface area contributed by atoms with E-state index in [9.17, 15) is 0 Å². The van der Waals surface area contributed by atoms with Crippen LogP contribution in [0, 0.1) is 8.99 Å². The molecule has 0 radical (unpaired) electrons. The molecule has 0 saturated heterocycles. The summed E-state index contributed by atoms with van der Waals surface area (Å²) >= 11 is 2.20. The fraction of sp³-hybridized carbons (Fsp3) is 0.667. The maximum absolute atomic E-state index is 5.70. The zero-order valence-electron chi connectivity index (χ0n) is 10.4. The molecule has 1 heterocycles. The van der Waals surface area contributed by atoms with Gasteiger partial charge in [0.05, 0.1) is 6.10 Å². The Labute approximate surface area is 116 Å². The number of hydrogen-bond donors (Lipinski definition) is 1. The van der Waals surface area contributed by atoms with Crippen LogP contribution in [0.4, 0.5) is 5.95 Å². The minimum Gasteiger partial charge on any atom is -0.378 e. The Morgan fingerprint density at radius 1 is 1.47 bits per heavy atom. The van der Waals surface area contributed by atoms with E-state index in [0.29, 0.717) is 18.1 Å². The van der Waals surface area contributed by atoms with E-state index >= 15 is 0 Å². The second kappa shape index (κ2) is 5.06. The summed E-state index contributed by atoms with van der Waals surface area (Å²) in [5.41, 5.74) is 0.141. The Balaban J connectivity index is 1.95. The van der Waals surface area contributed by atoms with Gasteiger partial charge in [-0.1, -0.05) is 13.8 Å². The van der Waals surface area contributed by atoms with Crippen molar-refractivity contribution in [3.05, 3.63) is 16.0 Å². The van der Waals surface area contributed by atoms with Gasteiger partial charge < -0.3 is 10.1 Å². The van der Waals surface area contributed by atoms with Crippen LogP contribution >= 0.6 is 22.6 Å². The SMILES string of the molecule is CCOC1CC(Nc2ncc(I)cn2)C1(C)C. The number of nitrogens with one attached hydrogen (secondary N) is 1. The molecule has 94 valence electrons. The van der Waals surface area contributed by atoms with Crippen LogP contribution in [0.3, 0.4) is 0 Å². The standard InChI is InChI=1S/C12H18IN3O/c1-4-17-10-5-9(12(10,2)3)16-11-14-6-8(13)7-15-11/h6-7,9-10H,4-5H2,1-3H3,(H,14,15,16). The van der Waals surface area contributed by atoms with Gasteiger partial charge in [-0.15, -0.1) is 0 Å². The maximum atomic E-state index is 5.70. The highest BCUT2D eigenvalue weighted by Crippen LogP contribution is 2.43. The van der Waals surface area contributed by atoms with Gasteiger partial charge in [0, 0.05) is 34.0 Å². The van der Waals surface area contributed by atoms with Gasteiger partial charge in [0.1, 0.15) is 0 Å². The Kier molecular flexibility index (Phi) is 3.87. The van der Waals surface area contributed by atoms with E-state index in [2.05, 4.69) is 51.7 Å². The molecular formula is C12H18IN3O. The third-order valence-electron chi connectivity index (χ3n) is 3.47. The molecule has 5 heteroatoms. The molecule has 0 amide bonds. The first-order valence-corrected chi connectivity index (χ1v) is 6.97. The van der Waals surface area contributed by atoms with Crippen LogP contribution in [0.15, 0.2) is 12.4 Å². The van der Waals surface area contributed by atoms with Gasteiger partial charge in [0.25, 0.3) is 0 Å². The zero-order chi connectivity index (χ0) is 12.5. The molecule has 1 aliphatic rings. The van der Waals surface area contributed by atoms with Crippen LogP contribution in [0.5, 0.6) is 0 Å². The molecule has 1 aromatic rings. The number of hydrogen-bond acceptors (Lipinski definition) is 4. The summed E-state index contributed by atoms with van der Waals surface area (Å²) in [4.78, 5) is 8.53. The molecule has 1 aromatic heterocycles. The highest BCUT2D eigenvalue weighted by molar-refractivity contribution is 14.1. The van der Waals surface area contributed by atoms with Crippen LogP contribution in [-0.4, -0.2) is 28.7 Å².